The van der Waals surface area contributed by atoms with Crippen molar-refractivity contribution in [3.63, 3.8) is 0 Å². The number of carbonyl (C=O) groups is 1. The molecule has 2 heterocycles. The average molecular weight is 465 g/mol. The van der Waals surface area contributed by atoms with E-state index < -0.39 is 10.9 Å². The number of esters is 1. The lowest BCUT2D eigenvalue weighted by Crippen LogP contribution is -2.15. The molecular weight excluding hydrogens is 442 g/mol. The van der Waals surface area contributed by atoms with E-state index in [4.69, 9.17) is 18.9 Å². The van der Waals surface area contributed by atoms with Crippen molar-refractivity contribution >= 4 is 33.5 Å². The number of methoxy groups -OCH3 is 2. The van der Waals surface area contributed by atoms with E-state index in [-0.39, 0.29) is 29.8 Å². The van der Waals surface area contributed by atoms with Crippen LogP contribution in [0.25, 0.3) is 21.8 Å². The fourth-order valence-electron chi connectivity index (χ4n) is 3.74. The van der Waals surface area contributed by atoms with Gasteiger partial charge in [0.15, 0.2) is 5.69 Å². The number of rotatable bonds is 8. The Hall–Kier alpha value is -4.18. The molecule has 0 saturated carbocycles. The number of pyridine rings is 1. The second kappa shape index (κ2) is 9.36. The summed E-state index contributed by atoms with van der Waals surface area (Å²) in [4.78, 5) is 30.9. The number of benzene rings is 2. The number of nitrogens with one attached hydrogen (secondary N) is 1. The largest absolute Gasteiger partial charge is 0.490 e. The van der Waals surface area contributed by atoms with Gasteiger partial charge in [-0.05, 0) is 38.1 Å². The molecule has 2 aromatic heterocycles. The van der Waals surface area contributed by atoms with Crippen molar-refractivity contribution in [2.75, 3.05) is 14.2 Å². The van der Waals surface area contributed by atoms with Gasteiger partial charge < -0.3 is 23.9 Å². The SMILES string of the molecule is COCc1c(C(=O)OC(C)C)ncc2[nH]c3ccc(Oc4ccc([N+](=O)[O-])c(OC)c4)cc3c12. The Morgan fingerprint density at radius 3 is 2.53 bits per heavy atom. The standard InChI is InChI=1S/C24H23N3O7/c1-13(2)33-24(28)23-17(12-31-3)22-16-9-14(5-7-18(16)26-19(22)11-25-23)34-15-6-8-20(27(29)30)21(10-15)32-4/h5-11,13,26H,12H2,1-4H3. The highest BCUT2D eigenvalue weighted by Gasteiger charge is 2.22. The molecule has 34 heavy (non-hydrogen) atoms. The monoisotopic (exact) mass is 465 g/mol. The van der Waals surface area contributed by atoms with Crippen LogP contribution in [0, 0.1) is 10.1 Å². The zero-order valence-electron chi connectivity index (χ0n) is 19.1. The third kappa shape index (κ3) is 4.35. The Kier molecular flexibility index (Phi) is 6.33. The van der Waals surface area contributed by atoms with Gasteiger partial charge >= 0.3 is 11.7 Å². The minimum atomic E-state index is -0.524. The fourth-order valence-corrected chi connectivity index (χ4v) is 3.74. The Morgan fingerprint density at radius 1 is 1.12 bits per heavy atom. The highest BCUT2D eigenvalue weighted by Crippen LogP contribution is 2.36. The number of ether oxygens (including phenoxy) is 4. The molecule has 4 aromatic rings. The number of hydrogen-bond acceptors (Lipinski definition) is 8. The second-order valence-corrected chi connectivity index (χ2v) is 7.79. The van der Waals surface area contributed by atoms with Gasteiger partial charge in [-0.3, -0.25) is 10.1 Å². The van der Waals surface area contributed by atoms with Crippen LogP contribution >= 0.6 is 0 Å². The van der Waals surface area contributed by atoms with E-state index in [0.29, 0.717) is 17.1 Å². The highest BCUT2D eigenvalue weighted by molar-refractivity contribution is 6.11. The van der Waals surface area contributed by atoms with Crippen molar-refractivity contribution in [3.8, 4) is 17.2 Å². The minimum absolute atomic E-state index is 0.0948. The quantitative estimate of drug-likeness (QED) is 0.215. The minimum Gasteiger partial charge on any atom is -0.490 e. The van der Waals surface area contributed by atoms with Gasteiger partial charge in [-0.1, -0.05) is 0 Å². The van der Waals surface area contributed by atoms with Crippen molar-refractivity contribution in [1.29, 1.82) is 0 Å². The van der Waals surface area contributed by atoms with Crippen LogP contribution in [0.2, 0.25) is 0 Å². The number of aromatic nitrogens is 2. The third-order valence-electron chi connectivity index (χ3n) is 5.12. The summed E-state index contributed by atoms with van der Waals surface area (Å²) >= 11 is 0. The number of fused-ring (bicyclic) bond motifs is 3. The van der Waals surface area contributed by atoms with E-state index in [2.05, 4.69) is 9.97 Å². The fraction of sp³-hybridized carbons (Fsp3) is 0.250. The van der Waals surface area contributed by atoms with Crippen molar-refractivity contribution < 1.29 is 28.7 Å². The first-order valence-corrected chi connectivity index (χ1v) is 10.5. The number of aromatic amines is 1. The zero-order valence-corrected chi connectivity index (χ0v) is 19.1. The van der Waals surface area contributed by atoms with Crippen molar-refractivity contribution in [1.82, 2.24) is 9.97 Å². The highest BCUT2D eigenvalue weighted by atomic mass is 16.6. The predicted octanol–water partition coefficient (Wildman–Crippen LogP) is 5.14. The van der Waals surface area contributed by atoms with Crippen molar-refractivity contribution in [2.45, 2.75) is 26.6 Å². The van der Waals surface area contributed by atoms with Gasteiger partial charge in [0.1, 0.15) is 11.5 Å². The molecule has 0 fully saturated rings. The zero-order chi connectivity index (χ0) is 24.4. The molecule has 0 aliphatic carbocycles. The number of H-pyrrole nitrogens is 1. The maximum Gasteiger partial charge on any atom is 0.357 e. The van der Waals surface area contributed by atoms with E-state index >= 15 is 0 Å². The summed E-state index contributed by atoms with van der Waals surface area (Å²) in [5.41, 5.74) is 2.19. The molecule has 0 amide bonds. The van der Waals surface area contributed by atoms with Crippen LogP contribution in [-0.4, -0.2) is 41.2 Å². The first kappa shape index (κ1) is 23.0. The molecule has 10 nitrogen and oxygen atoms in total. The van der Waals surface area contributed by atoms with Gasteiger partial charge in [0, 0.05) is 41.1 Å². The van der Waals surface area contributed by atoms with Gasteiger partial charge in [-0.25, -0.2) is 9.78 Å². The molecule has 2 aromatic carbocycles. The summed E-state index contributed by atoms with van der Waals surface area (Å²) < 4.78 is 21.8. The molecule has 0 saturated heterocycles. The van der Waals surface area contributed by atoms with Gasteiger partial charge in [0.25, 0.3) is 0 Å². The summed E-state index contributed by atoms with van der Waals surface area (Å²) in [6, 6.07) is 9.71. The summed E-state index contributed by atoms with van der Waals surface area (Å²) in [6.07, 6.45) is 1.30. The van der Waals surface area contributed by atoms with Crippen LogP contribution in [0.1, 0.15) is 29.9 Å². The molecule has 10 heteroatoms. The van der Waals surface area contributed by atoms with E-state index in [1.54, 1.807) is 33.2 Å². The molecule has 0 radical (unpaired) electrons. The number of nitro benzene ring substituents is 1. The Bertz CT molecular complexity index is 1390. The number of nitro groups is 1. The predicted molar refractivity (Wildman–Crippen MR) is 125 cm³/mol. The number of carbonyl (C=O) groups excluding carboxylic acids is 1. The Labute approximate surface area is 194 Å². The lowest BCUT2D eigenvalue weighted by molar-refractivity contribution is -0.385. The second-order valence-electron chi connectivity index (χ2n) is 7.79. The normalized spacial score (nSPS) is 11.2. The molecule has 0 aliphatic heterocycles. The third-order valence-corrected chi connectivity index (χ3v) is 5.12. The molecule has 0 atom stereocenters. The molecule has 0 aliphatic rings. The first-order valence-electron chi connectivity index (χ1n) is 10.5. The van der Waals surface area contributed by atoms with Crippen LogP contribution in [0.4, 0.5) is 5.69 Å². The maximum absolute atomic E-state index is 12.7. The van der Waals surface area contributed by atoms with E-state index in [1.165, 1.54) is 25.3 Å². The first-order chi connectivity index (χ1) is 16.3. The van der Waals surface area contributed by atoms with Crippen LogP contribution in [0.15, 0.2) is 42.6 Å². The van der Waals surface area contributed by atoms with E-state index in [9.17, 15) is 14.9 Å². The molecule has 0 unspecified atom stereocenters. The van der Waals surface area contributed by atoms with Crippen molar-refractivity contribution in [2.24, 2.45) is 0 Å². The van der Waals surface area contributed by atoms with E-state index in [1.807, 2.05) is 12.1 Å². The van der Waals surface area contributed by atoms with Crippen LogP contribution in [0.3, 0.4) is 0 Å². The summed E-state index contributed by atoms with van der Waals surface area (Å²) in [5.74, 6) is 0.443. The van der Waals surface area contributed by atoms with Crippen LogP contribution < -0.4 is 9.47 Å². The Morgan fingerprint density at radius 2 is 1.85 bits per heavy atom. The lowest BCUT2D eigenvalue weighted by atomic mass is 10.1. The molecule has 1 N–H and O–H groups in total. The molecule has 176 valence electrons. The van der Waals surface area contributed by atoms with E-state index in [0.717, 1.165) is 21.8 Å². The molecule has 4 rings (SSSR count). The summed E-state index contributed by atoms with van der Waals surface area (Å²) in [6.45, 7) is 3.70. The Balaban J connectivity index is 1.80. The van der Waals surface area contributed by atoms with Gasteiger partial charge in [0.05, 0.1) is 36.5 Å². The lowest BCUT2D eigenvalue weighted by Gasteiger charge is -2.12. The number of hydrogen-bond donors (Lipinski definition) is 1. The van der Waals surface area contributed by atoms with Crippen LogP contribution in [-0.2, 0) is 16.1 Å². The molecular formula is C24H23N3O7. The van der Waals surface area contributed by atoms with Crippen LogP contribution in [0.5, 0.6) is 17.2 Å². The smallest absolute Gasteiger partial charge is 0.357 e. The maximum atomic E-state index is 12.7. The molecule has 0 bridgehead atoms. The average Bonchev–Trinajstić information content (AvgIpc) is 3.17. The van der Waals surface area contributed by atoms with Gasteiger partial charge in [-0.2, -0.15) is 0 Å². The van der Waals surface area contributed by atoms with Gasteiger partial charge in [-0.15, -0.1) is 0 Å². The van der Waals surface area contributed by atoms with Gasteiger partial charge in [0.2, 0.25) is 5.75 Å². The summed E-state index contributed by atoms with van der Waals surface area (Å²) in [7, 11) is 2.90. The summed E-state index contributed by atoms with van der Waals surface area (Å²) in [5, 5.41) is 12.7. The number of nitrogens with zero attached hydrogens (tertiary/aromatic N) is 2. The van der Waals surface area contributed by atoms with Crippen molar-refractivity contribution in [3.05, 3.63) is 64.0 Å². The molecule has 0 spiro atoms. The topological polar surface area (TPSA) is 126 Å².